The number of carbonyl (C=O) groups excluding carboxylic acids is 1. The summed E-state index contributed by atoms with van der Waals surface area (Å²) in [6.07, 6.45) is 1.53. The molecule has 7 heteroatoms. The molecule has 0 atom stereocenters. The Bertz CT molecular complexity index is 1170. The van der Waals surface area contributed by atoms with Crippen molar-refractivity contribution in [1.29, 1.82) is 0 Å². The first kappa shape index (κ1) is 21.5. The number of hydrogen-bond donors (Lipinski definition) is 1. The van der Waals surface area contributed by atoms with E-state index in [0.29, 0.717) is 24.5 Å². The fourth-order valence-electron chi connectivity index (χ4n) is 5.01. The number of rotatable bonds is 3. The largest absolute Gasteiger partial charge is 0.326 e. The van der Waals surface area contributed by atoms with Gasteiger partial charge in [0.25, 0.3) is 0 Å². The van der Waals surface area contributed by atoms with Gasteiger partial charge in [0, 0.05) is 29.9 Å². The molecule has 33 heavy (non-hydrogen) atoms. The van der Waals surface area contributed by atoms with Crippen LogP contribution in [0.15, 0.2) is 66.7 Å². The molecule has 5 rings (SSSR count). The lowest BCUT2D eigenvalue weighted by atomic mass is 9.74. The van der Waals surface area contributed by atoms with Crippen molar-refractivity contribution in [2.75, 3.05) is 29.9 Å². The van der Waals surface area contributed by atoms with Gasteiger partial charge in [-0.25, -0.2) is 18.0 Å². The number of amides is 2. The van der Waals surface area contributed by atoms with Crippen LogP contribution in [-0.4, -0.2) is 30.6 Å². The summed E-state index contributed by atoms with van der Waals surface area (Å²) in [7, 11) is 0. The minimum Gasteiger partial charge on any atom is -0.308 e. The summed E-state index contributed by atoms with van der Waals surface area (Å²) in [5, 5.41) is 2.82. The minimum atomic E-state index is -0.376. The summed E-state index contributed by atoms with van der Waals surface area (Å²) < 4.78 is 41.0. The van der Waals surface area contributed by atoms with E-state index in [9.17, 15) is 18.0 Å². The van der Waals surface area contributed by atoms with Crippen LogP contribution in [-0.2, 0) is 12.0 Å². The minimum absolute atomic E-state index is 0.246. The molecule has 170 valence electrons. The molecule has 2 aliphatic rings. The highest BCUT2D eigenvalue weighted by Gasteiger charge is 2.46. The Labute approximate surface area is 190 Å². The number of urea groups is 1. The molecule has 3 aromatic carbocycles. The van der Waals surface area contributed by atoms with Gasteiger partial charge >= 0.3 is 6.03 Å². The molecular weight excluding hydrogens is 427 g/mol. The molecule has 2 amide bonds. The first-order valence-electron chi connectivity index (χ1n) is 11.0. The molecule has 0 radical (unpaired) electrons. The number of fused-ring (bicyclic) bond motifs is 2. The Kier molecular flexibility index (Phi) is 5.58. The van der Waals surface area contributed by atoms with Crippen molar-refractivity contribution >= 4 is 17.4 Å². The zero-order valence-corrected chi connectivity index (χ0v) is 18.0. The first-order chi connectivity index (χ1) is 15.9. The maximum Gasteiger partial charge on any atom is 0.326 e. The highest BCUT2D eigenvalue weighted by Crippen LogP contribution is 2.47. The van der Waals surface area contributed by atoms with E-state index >= 15 is 0 Å². The monoisotopic (exact) mass is 451 g/mol. The van der Waals surface area contributed by atoms with E-state index in [0.717, 1.165) is 37.1 Å². The molecule has 0 saturated carbocycles. The van der Waals surface area contributed by atoms with Crippen molar-refractivity contribution in [3.8, 4) is 0 Å². The Balaban J connectivity index is 1.34. The van der Waals surface area contributed by atoms with Crippen molar-refractivity contribution in [1.82, 2.24) is 4.90 Å². The summed E-state index contributed by atoms with van der Waals surface area (Å²) in [6.45, 7) is 2.63. The smallest absolute Gasteiger partial charge is 0.308 e. The average Bonchev–Trinajstić information content (AvgIpc) is 3.10. The van der Waals surface area contributed by atoms with Gasteiger partial charge in [-0.15, -0.1) is 0 Å². The summed E-state index contributed by atoms with van der Waals surface area (Å²) in [6, 6.07) is 16.5. The zero-order valence-electron chi connectivity index (χ0n) is 18.0. The number of anilines is 2. The Hall–Kier alpha value is -3.32. The molecule has 0 aliphatic carbocycles. The van der Waals surface area contributed by atoms with Gasteiger partial charge in [-0.1, -0.05) is 12.1 Å². The van der Waals surface area contributed by atoms with Gasteiger partial charge in [0.2, 0.25) is 0 Å². The maximum absolute atomic E-state index is 14.2. The SMILES string of the molecule is O=C(Nc1ccc(F)cc1)N1CC2(CCN(Cc3cccc(F)c3)CC2)c2cc(F)ccc21. The maximum atomic E-state index is 14.2. The van der Waals surface area contributed by atoms with Gasteiger partial charge in [-0.2, -0.15) is 0 Å². The van der Waals surface area contributed by atoms with Crippen LogP contribution in [0.4, 0.5) is 29.3 Å². The van der Waals surface area contributed by atoms with Crippen molar-refractivity contribution < 1.29 is 18.0 Å². The van der Waals surface area contributed by atoms with Crippen LogP contribution in [0.2, 0.25) is 0 Å². The van der Waals surface area contributed by atoms with Crippen molar-refractivity contribution in [2.45, 2.75) is 24.8 Å². The number of nitrogens with one attached hydrogen (secondary N) is 1. The molecule has 0 bridgehead atoms. The molecule has 0 aromatic heterocycles. The van der Waals surface area contributed by atoms with E-state index in [4.69, 9.17) is 0 Å². The van der Waals surface area contributed by atoms with Crippen LogP contribution in [0.5, 0.6) is 0 Å². The topological polar surface area (TPSA) is 35.6 Å². The second kappa shape index (κ2) is 8.56. The quantitative estimate of drug-likeness (QED) is 0.555. The Morgan fingerprint density at radius 3 is 2.30 bits per heavy atom. The van der Waals surface area contributed by atoms with Crippen molar-refractivity contribution in [2.24, 2.45) is 0 Å². The fourth-order valence-corrected chi connectivity index (χ4v) is 5.01. The van der Waals surface area contributed by atoms with Gasteiger partial charge in [0.05, 0.1) is 0 Å². The molecule has 4 nitrogen and oxygen atoms in total. The lowest BCUT2D eigenvalue weighted by Crippen LogP contribution is -2.46. The van der Waals surface area contributed by atoms with Crippen molar-refractivity contribution in [3.05, 3.63) is 95.3 Å². The number of likely N-dealkylation sites (tertiary alicyclic amines) is 1. The fraction of sp³-hybridized carbons (Fsp3) is 0.269. The highest BCUT2D eigenvalue weighted by molar-refractivity contribution is 6.03. The standard InChI is InChI=1S/C26H24F3N3O/c27-19-4-7-22(8-5-19)30-25(33)32-17-26(23-15-21(29)6-9-24(23)32)10-12-31(13-11-26)16-18-2-1-3-20(28)14-18/h1-9,14-15H,10-13,16-17H2,(H,30,33). The lowest BCUT2D eigenvalue weighted by Gasteiger charge is -2.40. The molecule has 1 spiro atoms. The summed E-state index contributed by atoms with van der Waals surface area (Å²) >= 11 is 0. The molecular formula is C26H24F3N3O. The van der Waals surface area contributed by atoms with E-state index in [1.807, 2.05) is 6.07 Å². The number of carbonyl (C=O) groups is 1. The van der Waals surface area contributed by atoms with E-state index < -0.39 is 0 Å². The van der Waals surface area contributed by atoms with E-state index in [1.54, 1.807) is 29.2 Å². The predicted octanol–water partition coefficient (Wildman–Crippen LogP) is 5.69. The summed E-state index contributed by atoms with van der Waals surface area (Å²) in [4.78, 5) is 17.0. The summed E-state index contributed by atoms with van der Waals surface area (Å²) in [5.41, 5.74) is 2.63. The number of nitrogens with zero attached hydrogens (tertiary/aromatic N) is 2. The van der Waals surface area contributed by atoms with Crippen LogP contribution < -0.4 is 10.2 Å². The van der Waals surface area contributed by atoms with E-state index in [2.05, 4.69) is 10.2 Å². The van der Waals surface area contributed by atoms with Gasteiger partial charge < -0.3 is 5.32 Å². The average molecular weight is 451 g/mol. The number of hydrogen-bond acceptors (Lipinski definition) is 2. The normalized spacial score (nSPS) is 17.2. The molecule has 1 saturated heterocycles. The van der Waals surface area contributed by atoms with Crippen molar-refractivity contribution in [3.63, 3.8) is 0 Å². The second-order valence-electron chi connectivity index (χ2n) is 8.87. The number of halogens is 3. The highest BCUT2D eigenvalue weighted by atomic mass is 19.1. The van der Waals surface area contributed by atoms with E-state index in [-0.39, 0.29) is 28.9 Å². The zero-order chi connectivity index (χ0) is 23.0. The number of benzene rings is 3. The van der Waals surface area contributed by atoms with Gasteiger partial charge in [0.15, 0.2) is 0 Å². The third kappa shape index (κ3) is 4.33. The summed E-state index contributed by atoms with van der Waals surface area (Å²) in [5.74, 6) is -0.945. The Morgan fingerprint density at radius 1 is 0.879 bits per heavy atom. The molecule has 1 N–H and O–H groups in total. The van der Waals surface area contributed by atoms with Crippen LogP contribution in [0.3, 0.4) is 0 Å². The first-order valence-corrected chi connectivity index (χ1v) is 11.0. The van der Waals surface area contributed by atoms with Gasteiger partial charge in [0.1, 0.15) is 17.5 Å². The van der Waals surface area contributed by atoms with E-state index in [1.165, 1.54) is 36.4 Å². The van der Waals surface area contributed by atoms with Crippen LogP contribution in [0.25, 0.3) is 0 Å². The third-order valence-electron chi connectivity index (χ3n) is 6.73. The molecule has 3 aromatic rings. The van der Waals surface area contributed by atoms with Crippen LogP contribution >= 0.6 is 0 Å². The molecule has 0 unspecified atom stereocenters. The third-order valence-corrected chi connectivity index (χ3v) is 6.73. The lowest BCUT2D eigenvalue weighted by molar-refractivity contribution is 0.159. The molecule has 2 aliphatic heterocycles. The second-order valence-corrected chi connectivity index (χ2v) is 8.87. The van der Waals surface area contributed by atoms with Crippen LogP contribution in [0, 0.1) is 17.5 Å². The molecule has 2 heterocycles. The van der Waals surface area contributed by atoms with Gasteiger partial charge in [-0.3, -0.25) is 9.80 Å². The van der Waals surface area contributed by atoms with Crippen LogP contribution in [0.1, 0.15) is 24.0 Å². The predicted molar refractivity (Wildman–Crippen MR) is 122 cm³/mol. The molecule has 1 fully saturated rings. The Morgan fingerprint density at radius 2 is 1.58 bits per heavy atom. The van der Waals surface area contributed by atoms with Gasteiger partial charge in [-0.05, 0) is 91.7 Å². The number of piperidine rings is 1.